The van der Waals surface area contributed by atoms with Gasteiger partial charge in [0.2, 0.25) is 5.91 Å². The second-order valence-corrected chi connectivity index (χ2v) is 6.62. The molecule has 1 saturated heterocycles. The van der Waals surface area contributed by atoms with Gasteiger partial charge in [-0.2, -0.15) is 0 Å². The second kappa shape index (κ2) is 4.11. The molecule has 0 aromatic heterocycles. The highest BCUT2D eigenvalue weighted by Crippen LogP contribution is 2.35. The lowest BCUT2D eigenvalue weighted by Crippen LogP contribution is -2.31. The Morgan fingerprint density at radius 1 is 1.50 bits per heavy atom. The molecular formula is C10H19NO2S. The van der Waals surface area contributed by atoms with Crippen molar-refractivity contribution < 1.29 is 9.53 Å². The summed E-state index contributed by atoms with van der Waals surface area (Å²) in [5.41, 5.74) is 0. The summed E-state index contributed by atoms with van der Waals surface area (Å²) in [6.45, 7) is 6.39. The molecule has 1 heterocycles. The van der Waals surface area contributed by atoms with Crippen molar-refractivity contribution in [1.82, 2.24) is 4.90 Å². The summed E-state index contributed by atoms with van der Waals surface area (Å²) in [6.07, 6.45) is 0.760. The minimum atomic E-state index is -0.0395. The fraction of sp³-hybridized carbons (Fsp3) is 0.900. The smallest absolute Gasteiger partial charge is 0.237 e. The molecule has 1 aliphatic heterocycles. The topological polar surface area (TPSA) is 29.5 Å². The first-order valence-corrected chi connectivity index (χ1v) is 5.70. The summed E-state index contributed by atoms with van der Waals surface area (Å²) >= 11 is 1.72. The Labute approximate surface area is 90.2 Å². The van der Waals surface area contributed by atoms with Crippen LogP contribution >= 0.6 is 11.8 Å². The molecule has 14 heavy (non-hydrogen) atoms. The summed E-state index contributed by atoms with van der Waals surface area (Å²) in [5, 5.41) is 0.0601. The molecule has 0 saturated carbocycles. The molecule has 0 aliphatic carbocycles. The van der Waals surface area contributed by atoms with E-state index in [1.807, 2.05) is 0 Å². The number of amides is 1. The maximum atomic E-state index is 11.8. The number of carbonyl (C=O) groups is 1. The Hall–Kier alpha value is -0.220. The van der Waals surface area contributed by atoms with E-state index in [-0.39, 0.29) is 22.1 Å². The van der Waals surface area contributed by atoms with Crippen LogP contribution < -0.4 is 0 Å². The van der Waals surface area contributed by atoms with Crippen LogP contribution in [0.3, 0.4) is 0 Å². The van der Waals surface area contributed by atoms with E-state index in [0.717, 1.165) is 6.42 Å². The number of carbonyl (C=O) groups excluding carboxylic acids is 1. The first kappa shape index (κ1) is 11.9. The number of nitrogens with zero attached hydrogens (tertiary/aromatic N) is 1. The summed E-state index contributed by atoms with van der Waals surface area (Å²) < 4.78 is 5.36. The van der Waals surface area contributed by atoms with Gasteiger partial charge >= 0.3 is 0 Å². The van der Waals surface area contributed by atoms with E-state index in [9.17, 15) is 4.79 Å². The minimum Gasteiger partial charge on any atom is -0.361 e. The summed E-state index contributed by atoms with van der Waals surface area (Å²) in [5.74, 6) is 0.191. The third kappa shape index (κ3) is 2.64. The molecule has 0 spiro atoms. The van der Waals surface area contributed by atoms with Gasteiger partial charge in [-0.3, -0.25) is 4.79 Å². The van der Waals surface area contributed by atoms with Crippen molar-refractivity contribution in [2.24, 2.45) is 0 Å². The fourth-order valence-electron chi connectivity index (χ4n) is 1.59. The Kier molecular flexibility index (Phi) is 3.48. The van der Waals surface area contributed by atoms with Crippen molar-refractivity contribution in [2.45, 2.75) is 43.4 Å². The maximum absolute atomic E-state index is 11.8. The van der Waals surface area contributed by atoms with E-state index in [2.05, 4.69) is 20.8 Å². The number of thioether (sulfide) groups is 1. The highest BCUT2D eigenvalue weighted by Gasteiger charge is 2.39. The Morgan fingerprint density at radius 2 is 2.07 bits per heavy atom. The van der Waals surface area contributed by atoms with Crippen molar-refractivity contribution >= 4 is 17.7 Å². The number of methoxy groups -OCH3 is 1. The molecular weight excluding hydrogens is 198 g/mol. The van der Waals surface area contributed by atoms with Crippen molar-refractivity contribution in [2.75, 3.05) is 14.2 Å². The number of likely N-dealkylation sites (tertiary alicyclic amines) is 1. The highest BCUT2D eigenvalue weighted by atomic mass is 32.2. The first-order valence-electron chi connectivity index (χ1n) is 4.82. The van der Waals surface area contributed by atoms with E-state index in [0.29, 0.717) is 0 Å². The zero-order chi connectivity index (χ0) is 10.9. The molecule has 1 aliphatic rings. The quantitative estimate of drug-likeness (QED) is 0.705. The largest absolute Gasteiger partial charge is 0.361 e. The van der Waals surface area contributed by atoms with E-state index in [1.165, 1.54) is 0 Å². The Morgan fingerprint density at radius 3 is 2.43 bits per heavy atom. The molecule has 0 N–H and O–H groups in total. The third-order valence-corrected chi connectivity index (χ3v) is 3.62. The van der Waals surface area contributed by atoms with Gasteiger partial charge < -0.3 is 9.64 Å². The molecule has 2 atom stereocenters. The van der Waals surface area contributed by atoms with Crippen LogP contribution in [0, 0.1) is 0 Å². The van der Waals surface area contributed by atoms with Gasteiger partial charge in [-0.05, 0) is 0 Å². The van der Waals surface area contributed by atoms with Gasteiger partial charge in [0.25, 0.3) is 0 Å². The monoisotopic (exact) mass is 217 g/mol. The molecule has 0 aromatic rings. The molecule has 2 unspecified atom stereocenters. The summed E-state index contributed by atoms with van der Waals surface area (Å²) in [4.78, 5) is 13.5. The van der Waals surface area contributed by atoms with Crippen LogP contribution in [-0.4, -0.2) is 41.2 Å². The summed E-state index contributed by atoms with van der Waals surface area (Å²) in [7, 11) is 3.46. The van der Waals surface area contributed by atoms with Crippen LogP contribution in [-0.2, 0) is 9.53 Å². The van der Waals surface area contributed by atoms with Gasteiger partial charge in [-0.25, -0.2) is 0 Å². The molecule has 0 bridgehead atoms. The fourth-order valence-corrected chi connectivity index (χ4v) is 2.97. The Balaban J connectivity index is 2.62. The number of hydrogen-bond donors (Lipinski definition) is 0. The van der Waals surface area contributed by atoms with Gasteiger partial charge in [-0.15, -0.1) is 11.8 Å². The normalized spacial score (nSPS) is 28.6. The van der Waals surface area contributed by atoms with Crippen molar-refractivity contribution in [3.05, 3.63) is 0 Å². The molecule has 1 rings (SSSR count). The average molecular weight is 217 g/mol. The number of ether oxygens (including phenoxy) is 1. The zero-order valence-electron chi connectivity index (χ0n) is 9.53. The summed E-state index contributed by atoms with van der Waals surface area (Å²) in [6, 6.07) is 0. The second-order valence-electron chi connectivity index (χ2n) is 4.59. The van der Waals surface area contributed by atoms with E-state index < -0.39 is 0 Å². The number of rotatable bonds is 2. The van der Waals surface area contributed by atoms with Crippen LogP contribution in [0.4, 0.5) is 0 Å². The van der Waals surface area contributed by atoms with Crippen LogP contribution in [0.15, 0.2) is 0 Å². The molecule has 0 aromatic carbocycles. The standard InChI is InChI=1S/C10H19NO2S/c1-10(2,3)14-7-6-8(13-5)11(4)9(7)12/h7-8H,6H2,1-5H3. The molecule has 1 fully saturated rings. The minimum absolute atomic E-state index is 0.0395. The molecule has 4 heteroatoms. The van der Waals surface area contributed by atoms with Crippen LogP contribution in [0.5, 0.6) is 0 Å². The molecule has 0 radical (unpaired) electrons. The van der Waals surface area contributed by atoms with Gasteiger partial charge in [0.15, 0.2) is 0 Å². The highest BCUT2D eigenvalue weighted by molar-refractivity contribution is 8.01. The molecule has 82 valence electrons. The molecule has 3 nitrogen and oxygen atoms in total. The van der Waals surface area contributed by atoms with Crippen LogP contribution in [0.2, 0.25) is 0 Å². The lowest BCUT2D eigenvalue weighted by atomic mass is 10.3. The van der Waals surface area contributed by atoms with Gasteiger partial charge in [0.1, 0.15) is 6.23 Å². The first-order chi connectivity index (χ1) is 6.35. The van der Waals surface area contributed by atoms with Crippen LogP contribution in [0.25, 0.3) is 0 Å². The van der Waals surface area contributed by atoms with E-state index >= 15 is 0 Å². The predicted molar refractivity (Wildman–Crippen MR) is 59.3 cm³/mol. The third-order valence-electron chi connectivity index (χ3n) is 2.24. The van der Waals surface area contributed by atoms with E-state index in [4.69, 9.17) is 4.74 Å². The maximum Gasteiger partial charge on any atom is 0.237 e. The molecule has 1 amide bonds. The van der Waals surface area contributed by atoms with Crippen LogP contribution in [0.1, 0.15) is 27.2 Å². The van der Waals surface area contributed by atoms with Gasteiger partial charge in [0.05, 0.1) is 5.25 Å². The zero-order valence-corrected chi connectivity index (χ0v) is 10.4. The predicted octanol–water partition coefficient (Wildman–Crippen LogP) is 1.72. The van der Waals surface area contributed by atoms with Crippen molar-refractivity contribution in [3.63, 3.8) is 0 Å². The van der Waals surface area contributed by atoms with E-state index in [1.54, 1.807) is 30.8 Å². The SMILES string of the molecule is COC1CC(SC(C)(C)C)C(=O)N1C. The average Bonchev–Trinajstić information content (AvgIpc) is 2.30. The lowest BCUT2D eigenvalue weighted by Gasteiger charge is -2.21. The lowest BCUT2D eigenvalue weighted by molar-refractivity contribution is -0.132. The van der Waals surface area contributed by atoms with Crippen molar-refractivity contribution in [1.29, 1.82) is 0 Å². The van der Waals surface area contributed by atoms with Gasteiger partial charge in [0, 0.05) is 25.3 Å². The number of hydrogen-bond acceptors (Lipinski definition) is 3. The Bertz CT molecular complexity index is 225. The van der Waals surface area contributed by atoms with Crippen molar-refractivity contribution in [3.8, 4) is 0 Å². The van der Waals surface area contributed by atoms with Gasteiger partial charge in [-0.1, -0.05) is 20.8 Å².